The Balaban J connectivity index is 2.24. The van der Waals surface area contributed by atoms with Gasteiger partial charge in [0.05, 0.1) is 0 Å². The van der Waals surface area contributed by atoms with Crippen LogP contribution < -0.4 is 5.32 Å². The minimum Gasteiger partial charge on any atom is -0.396 e. The van der Waals surface area contributed by atoms with Crippen LogP contribution in [0.3, 0.4) is 0 Å². The molecule has 0 aliphatic carbocycles. The van der Waals surface area contributed by atoms with Gasteiger partial charge in [-0.3, -0.25) is 4.79 Å². The molecule has 0 aromatic carbocycles. The first-order valence-corrected chi connectivity index (χ1v) is 7.94. The predicted molar refractivity (Wildman–Crippen MR) is 82.5 cm³/mol. The maximum absolute atomic E-state index is 12.1. The van der Waals surface area contributed by atoms with E-state index >= 15 is 0 Å². The Kier molecular flexibility index (Phi) is 6.96. The minimum absolute atomic E-state index is 0.0753. The van der Waals surface area contributed by atoms with Crippen molar-refractivity contribution in [2.45, 2.75) is 59.4 Å². The average molecular weight is 284 g/mol. The number of rotatable bonds is 6. The SMILES string of the molecule is CC(CCO)CNC1CCN(C(=O)CC(C)(C)C)CC1. The highest BCUT2D eigenvalue weighted by Gasteiger charge is 2.25. The van der Waals surface area contributed by atoms with Crippen LogP contribution in [0.1, 0.15) is 53.4 Å². The lowest BCUT2D eigenvalue weighted by molar-refractivity contribution is -0.134. The van der Waals surface area contributed by atoms with Crippen LogP contribution in [0.2, 0.25) is 0 Å². The van der Waals surface area contributed by atoms with Crippen molar-refractivity contribution in [2.24, 2.45) is 11.3 Å². The van der Waals surface area contributed by atoms with E-state index in [0.717, 1.165) is 38.9 Å². The van der Waals surface area contributed by atoms with E-state index in [4.69, 9.17) is 5.11 Å². The fourth-order valence-corrected chi connectivity index (χ4v) is 2.59. The largest absolute Gasteiger partial charge is 0.396 e. The molecule has 1 amide bonds. The summed E-state index contributed by atoms with van der Waals surface area (Å²) in [4.78, 5) is 14.2. The zero-order chi connectivity index (χ0) is 15.2. The number of piperidine rings is 1. The molecular formula is C16H32N2O2. The Hall–Kier alpha value is -0.610. The molecule has 1 saturated heterocycles. The molecule has 1 aliphatic rings. The molecule has 1 fully saturated rings. The molecule has 0 bridgehead atoms. The fourth-order valence-electron chi connectivity index (χ4n) is 2.59. The summed E-state index contributed by atoms with van der Waals surface area (Å²) >= 11 is 0. The van der Waals surface area contributed by atoms with E-state index in [1.807, 2.05) is 4.90 Å². The third kappa shape index (κ3) is 6.71. The molecule has 1 heterocycles. The van der Waals surface area contributed by atoms with Crippen molar-refractivity contribution < 1.29 is 9.90 Å². The number of hydrogen-bond acceptors (Lipinski definition) is 3. The lowest BCUT2D eigenvalue weighted by Gasteiger charge is -2.34. The standard InChI is InChI=1S/C16H32N2O2/c1-13(7-10-19)12-17-14-5-8-18(9-6-14)15(20)11-16(2,3)4/h13-14,17,19H,5-12H2,1-4H3. The number of likely N-dealkylation sites (tertiary alicyclic amines) is 1. The van der Waals surface area contributed by atoms with Crippen LogP contribution in [-0.4, -0.2) is 48.2 Å². The van der Waals surface area contributed by atoms with E-state index in [9.17, 15) is 4.79 Å². The number of carbonyl (C=O) groups excluding carboxylic acids is 1. The molecule has 1 rings (SSSR count). The normalized spacial score (nSPS) is 19.1. The zero-order valence-corrected chi connectivity index (χ0v) is 13.6. The van der Waals surface area contributed by atoms with Gasteiger partial charge in [-0.1, -0.05) is 27.7 Å². The van der Waals surface area contributed by atoms with Crippen molar-refractivity contribution in [3.05, 3.63) is 0 Å². The van der Waals surface area contributed by atoms with Crippen LogP contribution in [0.4, 0.5) is 0 Å². The van der Waals surface area contributed by atoms with Crippen LogP contribution in [0.25, 0.3) is 0 Å². The number of carbonyl (C=O) groups is 1. The Morgan fingerprint density at radius 2 is 1.95 bits per heavy atom. The predicted octanol–water partition coefficient (Wildman–Crippen LogP) is 2.02. The summed E-state index contributed by atoms with van der Waals surface area (Å²) < 4.78 is 0. The topological polar surface area (TPSA) is 52.6 Å². The maximum Gasteiger partial charge on any atom is 0.223 e. The highest BCUT2D eigenvalue weighted by molar-refractivity contribution is 5.76. The highest BCUT2D eigenvalue weighted by Crippen LogP contribution is 2.21. The summed E-state index contributed by atoms with van der Waals surface area (Å²) in [7, 11) is 0. The molecule has 0 saturated carbocycles. The van der Waals surface area contributed by atoms with Crippen LogP contribution in [0.5, 0.6) is 0 Å². The van der Waals surface area contributed by atoms with Gasteiger partial charge >= 0.3 is 0 Å². The van der Waals surface area contributed by atoms with Gasteiger partial charge in [-0.15, -0.1) is 0 Å². The lowest BCUT2D eigenvalue weighted by Crippen LogP contribution is -2.46. The first-order chi connectivity index (χ1) is 9.31. The van der Waals surface area contributed by atoms with Crippen LogP contribution in [0.15, 0.2) is 0 Å². The number of nitrogens with zero attached hydrogens (tertiary/aromatic N) is 1. The average Bonchev–Trinajstić information content (AvgIpc) is 2.35. The molecule has 4 nitrogen and oxygen atoms in total. The second kappa shape index (κ2) is 7.99. The first kappa shape index (κ1) is 17.4. The molecule has 2 N–H and O–H groups in total. The lowest BCUT2D eigenvalue weighted by atomic mass is 9.91. The van der Waals surface area contributed by atoms with Gasteiger partial charge in [0.2, 0.25) is 5.91 Å². The van der Waals surface area contributed by atoms with Gasteiger partial charge in [-0.25, -0.2) is 0 Å². The van der Waals surface area contributed by atoms with E-state index in [1.165, 1.54) is 0 Å². The van der Waals surface area contributed by atoms with Crippen LogP contribution in [0, 0.1) is 11.3 Å². The minimum atomic E-state index is 0.0753. The van der Waals surface area contributed by atoms with Crippen molar-refractivity contribution in [3.63, 3.8) is 0 Å². The molecule has 0 aromatic rings. The molecule has 1 unspecified atom stereocenters. The third-order valence-corrected chi connectivity index (χ3v) is 3.91. The third-order valence-electron chi connectivity index (χ3n) is 3.91. The molecule has 0 spiro atoms. The summed E-state index contributed by atoms with van der Waals surface area (Å²) in [5, 5.41) is 12.5. The summed E-state index contributed by atoms with van der Waals surface area (Å²) in [5.41, 5.74) is 0.0753. The number of aliphatic hydroxyl groups is 1. The molecule has 118 valence electrons. The van der Waals surface area contributed by atoms with Gasteiger partial charge in [-0.2, -0.15) is 0 Å². The first-order valence-electron chi connectivity index (χ1n) is 7.94. The molecule has 4 heteroatoms. The summed E-state index contributed by atoms with van der Waals surface area (Å²) in [5.74, 6) is 0.810. The van der Waals surface area contributed by atoms with Gasteiger partial charge < -0.3 is 15.3 Å². The van der Waals surface area contributed by atoms with Crippen molar-refractivity contribution >= 4 is 5.91 Å². The summed E-state index contributed by atoms with van der Waals surface area (Å²) in [6, 6.07) is 0.523. The van der Waals surface area contributed by atoms with Gasteiger partial charge in [0.15, 0.2) is 0 Å². The molecule has 20 heavy (non-hydrogen) atoms. The second-order valence-corrected chi connectivity index (χ2v) is 7.42. The van der Waals surface area contributed by atoms with E-state index in [-0.39, 0.29) is 12.0 Å². The van der Waals surface area contributed by atoms with Crippen molar-refractivity contribution in [1.82, 2.24) is 10.2 Å². The van der Waals surface area contributed by atoms with Gasteiger partial charge in [-0.05, 0) is 37.1 Å². The van der Waals surface area contributed by atoms with E-state index in [0.29, 0.717) is 24.3 Å². The Bertz CT molecular complexity index is 291. The highest BCUT2D eigenvalue weighted by atomic mass is 16.3. The van der Waals surface area contributed by atoms with Crippen molar-refractivity contribution in [2.75, 3.05) is 26.2 Å². The molecule has 1 aliphatic heterocycles. The smallest absolute Gasteiger partial charge is 0.223 e. The number of amides is 1. The van der Waals surface area contributed by atoms with Gasteiger partial charge in [0.25, 0.3) is 0 Å². The molecular weight excluding hydrogens is 252 g/mol. The van der Waals surface area contributed by atoms with Crippen molar-refractivity contribution in [1.29, 1.82) is 0 Å². The molecule has 0 aromatic heterocycles. The number of aliphatic hydroxyl groups excluding tert-OH is 1. The Morgan fingerprint density at radius 3 is 2.45 bits per heavy atom. The number of nitrogens with one attached hydrogen (secondary N) is 1. The second-order valence-electron chi connectivity index (χ2n) is 7.42. The number of hydrogen-bond donors (Lipinski definition) is 2. The van der Waals surface area contributed by atoms with E-state index in [2.05, 4.69) is 33.0 Å². The Labute approximate surface area is 123 Å². The van der Waals surface area contributed by atoms with E-state index in [1.54, 1.807) is 0 Å². The van der Waals surface area contributed by atoms with Crippen LogP contribution >= 0.6 is 0 Å². The zero-order valence-electron chi connectivity index (χ0n) is 13.6. The van der Waals surface area contributed by atoms with Gasteiger partial charge in [0.1, 0.15) is 0 Å². The molecule has 0 radical (unpaired) electrons. The van der Waals surface area contributed by atoms with Crippen molar-refractivity contribution in [3.8, 4) is 0 Å². The van der Waals surface area contributed by atoms with Gasteiger partial charge in [0, 0.05) is 32.2 Å². The quantitative estimate of drug-likeness (QED) is 0.784. The monoisotopic (exact) mass is 284 g/mol. The summed E-state index contributed by atoms with van der Waals surface area (Å²) in [6.07, 6.45) is 3.58. The fraction of sp³-hybridized carbons (Fsp3) is 0.938. The summed E-state index contributed by atoms with van der Waals surface area (Å²) in [6.45, 7) is 11.5. The van der Waals surface area contributed by atoms with Crippen LogP contribution in [-0.2, 0) is 4.79 Å². The maximum atomic E-state index is 12.1. The Morgan fingerprint density at radius 1 is 1.35 bits per heavy atom. The molecule has 1 atom stereocenters. The van der Waals surface area contributed by atoms with E-state index < -0.39 is 0 Å².